The maximum Gasteiger partial charge on any atom is 0.229 e. The van der Waals surface area contributed by atoms with Crippen LogP contribution in [0.1, 0.15) is 70.2 Å². The van der Waals surface area contributed by atoms with Crippen molar-refractivity contribution in [3.63, 3.8) is 0 Å². The largest absolute Gasteiger partial charge is 0.373 e. The van der Waals surface area contributed by atoms with E-state index < -0.39 is 0 Å². The van der Waals surface area contributed by atoms with Crippen LogP contribution in [0.15, 0.2) is 4.52 Å². The fraction of sp³-hybridized carbons (Fsp3) is 0.786. The van der Waals surface area contributed by atoms with Crippen molar-refractivity contribution in [2.75, 3.05) is 7.11 Å². The summed E-state index contributed by atoms with van der Waals surface area (Å²) >= 11 is 0. The van der Waals surface area contributed by atoms with Crippen molar-refractivity contribution >= 4 is 5.78 Å². The van der Waals surface area contributed by atoms with Crippen molar-refractivity contribution in [3.05, 3.63) is 11.7 Å². The second kappa shape index (κ2) is 5.41. The average Bonchev–Trinajstić information content (AvgIpc) is 2.78. The Hall–Kier alpha value is -1.23. The Labute approximate surface area is 113 Å². The summed E-state index contributed by atoms with van der Waals surface area (Å²) < 4.78 is 10.8. The second-order valence-electron chi connectivity index (χ2n) is 6.29. The Morgan fingerprint density at radius 2 is 1.95 bits per heavy atom. The summed E-state index contributed by atoms with van der Waals surface area (Å²) in [6.07, 6.45) is 2.68. The number of carbonyl (C=O) groups excluding carboxylic acids is 1. The van der Waals surface area contributed by atoms with E-state index in [1.165, 1.54) is 0 Å². The molecule has 1 aromatic rings. The SMILES string of the molecule is COC(c1noc(C2CCC(=O)CC2)n1)C(C)(C)C. The molecule has 1 unspecified atom stereocenters. The molecule has 0 N–H and O–H groups in total. The molecule has 1 aromatic heterocycles. The van der Waals surface area contributed by atoms with Crippen LogP contribution in [-0.4, -0.2) is 23.0 Å². The number of hydrogen-bond donors (Lipinski definition) is 0. The topological polar surface area (TPSA) is 65.2 Å². The zero-order valence-electron chi connectivity index (χ0n) is 12.1. The molecule has 5 nitrogen and oxygen atoms in total. The Kier molecular flexibility index (Phi) is 4.04. The molecule has 1 saturated carbocycles. The van der Waals surface area contributed by atoms with Crippen molar-refractivity contribution < 1.29 is 14.1 Å². The molecule has 19 heavy (non-hydrogen) atoms. The van der Waals surface area contributed by atoms with Crippen molar-refractivity contribution in [1.29, 1.82) is 0 Å². The van der Waals surface area contributed by atoms with E-state index in [0.29, 0.717) is 30.3 Å². The van der Waals surface area contributed by atoms with Crippen LogP contribution in [-0.2, 0) is 9.53 Å². The summed E-state index contributed by atoms with van der Waals surface area (Å²) in [5.74, 6) is 1.80. The lowest BCUT2D eigenvalue weighted by Gasteiger charge is -2.26. The van der Waals surface area contributed by atoms with Gasteiger partial charge in [0, 0.05) is 25.9 Å². The highest BCUT2D eigenvalue weighted by atomic mass is 16.5. The molecule has 0 bridgehead atoms. The van der Waals surface area contributed by atoms with Gasteiger partial charge in [-0.05, 0) is 18.3 Å². The first-order valence-corrected chi connectivity index (χ1v) is 6.80. The molecule has 5 heteroatoms. The number of rotatable bonds is 3. The minimum Gasteiger partial charge on any atom is -0.373 e. The van der Waals surface area contributed by atoms with Gasteiger partial charge in [0.05, 0.1) is 0 Å². The summed E-state index contributed by atoms with van der Waals surface area (Å²) in [5.41, 5.74) is -0.0849. The fourth-order valence-electron chi connectivity index (χ4n) is 2.55. The van der Waals surface area contributed by atoms with Crippen LogP contribution in [0.2, 0.25) is 0 Å². The average molecular weight is 266 g/mol. The Bertz CT molecular complexity index is 438. The van der Waals surface area contributed by atoms with Crippen LogP contribution in [0.5, 0.6) is 0 Å². The Balaban J connectivity index is 2.12. The summed E-state index contributed by atoms with van der Waals surface area (Å²) in [4.78, 5) is 15.7. The number of nitrogens with zero attached hydrogens (tertiary/aromatic N) is 2. The van der Waals surface area contributed by atoms with Gasteiger partial charge in [-0.2, -0.15) is 4.98 Å². The van der Waals surface area contributed by atoms with Crippen LogP contribution in [0, 0.1) is 5.41 Å². The van der Waals surface area contributed by atoms with Crippen LogP contribution in [0.3, 0.4) is 0 Å². The van der Waals surface area contributed by atoms with Gasteiger partial charge in [-0.15, -0.1) is 0 Å². The van der Waals surface area contributed by atoms with E-state index in [9.17, 15) is 4.79 Å². The standard InChI is InChI=1S/C14H22N2O3/c1-14(2,3)11(18-4)12-15-13(19-16-12)9-5-7-10(17)8-6-9/h9,11H,5-8H2,1-4H3. The van der Waals surface area contributed by atoms with Gasteiger partial charge < -0.3 is 9.26 Å². The molecule has 0 saturated heterocycles. The van der Waals surface area contributed by atoms with Gasteiger partial charge >= 0.3 is 0 Å². The third kappa shape index (κ3) is 3.21. The lowest BCUT2D eigenvalue weighted by molar-refractivity contribution is -0.120. The van der Waals surface area contributed by atoms with Gasteiger partial charge in [-0.25, -0.2) is 0 Å². The Morgan fingerprint density at radius 1 is 1.32 bits per heavy atom. The molecule has 0 amide bonds. The van der Waals surface area contributed by atoms with E-state index in [1.807, 2.05) is 0 Å². The first-order valence-electron chi connectivity index (χ1n) is 6.80. The van der Waals surface area contributed by atoms with Gasteiger partial charge in [0.25, 0.3) is 0 Å². The minimum atomic E-state index is -0.185. The third-order valence-corrected chi connectivity index (χ3v) is 3.61. The monoisotopic (exact) mass is 266 g/mol. The first-order chi connectivity index (χ1) is 8.91. The van der Waals surface area contributed by atoms with Gasteiger partial charge in [-0.1, -0.05) is 25.9 Å². The van der Waals surface area contributed by atoms with Gasteiger partial charge in [-0.3, -0.25) is 4.79 Å². The number of hydrogen-bond acceptors (Lipinski definition) is 5. The lowest BCUT2D eigenvalue weighted by atomic mass is 9.87. The molecule has 0 aliphatic heterocycles. The maximum atomic E-state index is 11.2. The van der Waals surface area contributed by atoms with Gasteiger partial charge in [0.15, 0.2) is 0 Å². The van der Waals surface area contributed by atoms with Crippen molar-refractivity contribution in [3.8, 4) is 0 Å². The lowest BCUT2D eigenvalue weighted by Crippen LogP contribution is -2.21. The molecule has 0 spiro atoms. The highest BCUT2D eigenvalue weighted by Crippen LogP contribution is 2.36. The number of carbonyl (C=O) groups is 1. The van der Waals surface area contributed by atoms with E-state index in [0.717, 1.165) is 12.8 Å². The van der Waals surface area contributed by atoms with Gasteiger partial charge in [0.2, 0.25) is 11.7 Å². The van der Waals surface area contributed by atoms with E-state index >= 15 is 0 Å². The highest BCUT2D eigenvalue weighted by molar-refractivity contribution is 5.79. The number of aromatic nitrogens is 2. The molecule has 1 atom stereocenters. The normalized spacial score (nSPS) is 19.7. The van der Waals surface area contributed by atoms with Crippen LogP contribution in [0.25, 0.3) is 0 Å². The van der Waals surface area contributed by atoms with E-state index in [-0.39, 0.29) is 17.4 Å². The molecular formula is C14H22N2O3. The third-order valence-electron chi connectivity index (χ3n) is 3.61. The van der Waals surface area contributed by atoms with Crippen molar-refractivity contribution in [2.24, 2.45) is 5.41 Å². The highest BCUT2D eigenvalue weighted by Gasteiger charge is 2.32. The predicted octanol–water partition coefficient (Wildman–Crippen LogP) is 3.03. The van der Waals surface area contributed by atoms with Crippen LogP contribution >= 0.6 is 0 Å². The van der Waals surface area contributed by atoms with Crippen molar-refractivity contribution in [1.82, 2.24) is 10.1 Å². The summed E-state index contributed by atoms with van der Waals surface area (Å²) in [5, 5.41) is 4.05. The zero-order chi connectivity index (χ0) is 14.0. The second-order valence-corrected chi connectivity index (χ2v) is 6.29. The van der Waals surface area contributed by atoms with Crippen LogP contribution < -0.4 is 0 Å². The number of methoxy groups -OCH3 is 1. The molecular weight excluding hydrogens is 244 g/mol. The number of ketones is 1. The minimum absolute atomic E-state index is 0.0849. The summed E-state index contributed by atoms with van der Waals surface area (Å²) in [6.45, 7) is 6.24. The maximum absolute atomic E-state index is 11.2. The van der Waals surface area contributed by atoms with E-state index in [4.69, 9.17) is 9.26 Å². The van der Waals surface area contributed by atoms with Crippen molar-refractivity contribution in [2.45, 2.75) is 58.5 Å². The summed E-state index contributed by atoms with van der Waals surface area (Å²) in [7, 11) is 1.66. The van der Waals surface area contributed by atoms with Gasteiger partial charge in [0.1, 0.15) is 11.9 Å². The molecule has 1 fully saturated rings. The Morgan fingerprint density at radius 3 is 2.47 bits per heavy atom. The van der Waals surface area contributed by atoms with E-state index in [2.05, 4.69) is 30.9 Å². The smallest absolute Gasteiger partial charge is 0.229 e. The fourth-order valence-corrected chi connectivity index (χ4v) is 2.55. The predicted molar refractivity (Wildman–Crippen MR) is 69.7 cm³/mol. The van der Waals surface area contributed by atoms with E-state index in [1.54, 1.807) is 7.11 Å². The first kappa shape index (κ1) is 14.2. The molecule has 106 valence electrons. The molecule has 2 rings (SSSR count). The van der Waals surface area contributed by atoms with Crippen LogP contribution in [0.4, 0.5) is 0 Å². The number of Topliss-reactive ketones (excluding diaryl/α,β-unsaturated/α-hetero) is 1. The quantitative estimate of drug-likeness (QED) is 0.841. The molecule has 1 aliphatic carbocycles. The molecule has 0 radical (unpaired) electrons. The molecule has 1 heterocycles. The number of ether oxygens (including phenoxy) is 1. The molecule has 0 aromatic carbocycles. The summed E-state index contributed by atoms with van der Waals surface area (Å²) in [6, 6.07) is 0. The molecule has 1 aliphatic rings. The zero-order valence-corrected chi connectivity index (χ0v) is 12.1.